The number of unbranched alkanes of at least 4 members (excludes halogenated alkanes) is 1. The van der Waals surface area contributed by atoms with Gasteiger partial charge in [0.15, 0.2) is 0 Å². The Balaban J connectivity index is 1.71. The third-order valence-corrected chi connectivity index (χ3v) is 4.42. The largest absolute Gasteiger partial charge is 0.480 e. The Kier molecular flexibility index (Phi) is 5.49. The van der Waals surface area contributed by atoms with Crippen molar-refractivity contribution in [2.45, 2.75) is 63.5 Å². The molecule has 2 saturated carbocycles. The first-order chi connectivity index (χ1) is 10.1. The van der Waals surface area contributed by atoms with Crippen LogP contribution in [0.1, 0.15) is 51.4 Å². The first kappa shape index (κ1) is 15.7. The highest BCUT2D eigenvalue weighted by Gasteiger charge is 2.41. The fraction of sp³-hybridized carbons (Fsp3) is 0.750. The molecule has 0 aromatic carbocycles. The lowest BCUT2D eigenvalue weighted by Crippen LogP contribution is -2.45. The molecule has 0 spiro atoms. The Morgan fingerprint density at radius 2 is 2.10 bits per heavy atom. The van der Waals surface area contributed by atoms with Crippen LogP contribution in [0.15, 0.2) is 0 Å². The average molecular weight is 293 g/mol. The second-order valence-corrected chi connectivity index (χ2v) is 6.04. The molecule has 1 amide bonds. The molecule has 0 bridgehead atoms. The maximum absolute atomic E-state index is 11.8. The van der Waals surface area contributed by atoms with Gasteiger partial charge in [-0.2, -0.15) is 0 Å². The first-order valence-corrected chi connectivity index (χ1v) is 7.75. The molecule has 2 N–H and O–H groups in total. The van der Waals surface area contributed by atoms with Gasteiger partial charge in [0.25, 0.3) is 0 Å². The fourth-order valence-corrected chi connectivity index (χ4v) is 3.10. The predicted molar refractivity (Wildman–Crippen MR) is 77.6 cm³/mol. The Hall–Kier alpha value is -1.70. The molecule has 2 aliphatic carbocycles. The standard InChI is InChI=1S/C16H23NO4/c1-2-3-4-9-12-10-13(12)21-16(20)17-14(15(18)19)11-7-5-6-8-11/h1,11-14H,3-10H2,(H,17,20)(H,18,19). The molecule has 0 saturated heterocycles. The number of rotatable bonds is 7. The van der Waals surface area contributed by atoms with Crippen molar-refractivity contribution in [3.8, 4) is 12.3 Å². The molecule has 21 heavy (non-hydrogen) atoms. The van der Waals surface area contributed by atoms with E-state index in [1.165, 1.54) is 0 Å². The SMILES string of the molecule is C#CCCCC1CC1OC(=O)NC(C(=O)O)C1CCCC1. The topological polar surface area (TPSA) is 75.6 Å². The summed E-state index contributed by atoms with van der Waals surface area (Å²) in [4.78, 5) is 23.1. The van der Waals surface area contributed by atoms with Gasteiger partial charge in [0.2, 0.25) is 0 Å². The minimum Gasteiger partial charge on any atom is -0.480 e. The van der Waals surface area contributed by atoms with Crippen LogP contribution in [0.25, 0.3) is 0 Å². The van der Waals surface area contributed by atoms with Gasteiger partial charge in [-0.05, 0) is 43.9 Å². The molecule has 0 heterocycles. The van der Waals surface area contributed by atoms with E-state index in [-0.39, 0.29) is 12.0 Å². The molecule has 0 aromatic heterocycles. The molecule has 2 fully saturated rings. The molecule has 3 unspecified atom stereocenters. The van der Waals surface area contributed by atoms with Crippen LogP contribution < -0.4 is 5.32 Å². The highest BCUT2D eigenvalue weighted by molar-refractivity contribution is 5.80. The summed E-state index contributed by atoms with van der Waals surface area (Å²) in [7, 11) is 0. The van der Waals surface area contributed by atoms with E-state index in [4.69, 9.17) is 11.2 Å². The molecule has 116 valence electrons. The third-order valence-electron chi connectivity index (χ3n) is 4.42. The van der Waals surface area contributed by atoms with Crippen molar-refractivity contribution in [3.63, 3.8) is 0 Å². The summed E-state index contributed by atoms with van der Waals surface area (Å²) in [5.41, 5.74) is 0. The number of aliphatic carboxylic acids is 1. The molecule has 2 rings (SSSR count). The van der Waals surface area contributed by atoms with Crippen molar-refractivity contribution in [2.75, 3.05) is 0 Å². The Labute approximate surface area is 125 Å². The summed E-state index contributed by atoms with van der Waals surface area (Å²) in [6, 6.07) is -0.821. The van der Waals surface area contributed by atoms with Gasteiger partial charge < -0.3 is 15.2 Å². The third kappa shape index (κ3) is 4.66. The van der Waals surface area contributed by atoms with Crippen LogP contribution in [-0.2, 0) is 9.53 Å². The number of carboxylic acids is 1. The molecule has 0 aromatic rings. The van der Waals surface area contributed by atoms with Crippen molar-refractivity contribution >= 4 is 12.1 Å². The Morgan fingerprint density at radius 3 is 2.71 bits per heavy atom. The molecule has 2 aliphatic rings. The number of alkyl carbamates (subject to hydrolysis) is 1. The van der Waals surface area contributed by atoms with Gasteiger partial charge in [-0.1, -0.05) is 12.8 Å². The van der Waals surface area contributed by atoms with Gasteiger partial charge in [-0.15, -0.1) is 12.3 Å². The normalized spacial score (nSPS) is 25.9. The lowest BCUT2D eigenvalue weighted by Gasteiger charge is -2.20. The summed E-state index contributed by atoms with van der Waals surface area (Å²) >= 11 is 0. The molecular formula is C16H23NO4. The molecular weight excluding hydrogens is 270 g/mol. The highest BCUT2D eigenvalue weighted by atomic mass is 16.6. The van der Waals surface area contributed by atoms with Gasteiger partial charge in [0, 0.05) is 6.42 Å². The van der Waals surface area contributed by atoms with E-state index in [2.05, 4.69) is 11.2 Å². The lowest BCUT2D eigenvalue weighted by molar-refractivity contribution is -0.140. The Bertz CT molecular complexity index is 422. The van der Waals surface area contributed by atoms with E-state index in [0.717, 1.165) is 51.4 Å². The second-order valence-electron chi connectivity index (χ2n) is 6.04. The number of carbonyl (C=O) groups is 2. The van der Waals surface area contributed by atoms with Gasteiger partial charge >= 0.3 is 12.1 Å². The molecule has 5 nitrogen and oxygen atoms in total. The molecule has 3 atom stereocenters. The van der Waals surface area contributed by atoms with Gasteiger partial charge in [-0.25, -0.2) is 9.59 Å². The maximum Gasteiger partial charge on any atom is 0.408 e. The minimum atomic E-state index is -0.972. The fourth-order valence-electron chi connectivity index (χ4n) is 3.10. The summed E-state index contributed by atoms with van der Waals surface area (Å²) in [5.74, 6) is 2.04. The number of nitrogens with one attached hydrogen (secondary N) is 1. The van der Waals surface area contributed by atoms with Crippen molar-refractivity contribution in [1.82, 2.24) is 5.32 Å². The number of hydrogen-bond donors (Lipinski definition) is 2. The van der Waals surface area contributed by atoms with Crippen LogP contribution in [0.4, 0.5) is 4.79 Å². The smallest absolute Gasteiger partial charge is 0.408 e. The summed E-state index contributed by atoms with van der Waals surface area (Å²) in [5, 5.41) is 11.8. The first-order valence-electron chi connectivity index (χ1n) is 7.75. The number of ether oxygens (including phenoxy) is 1. The number of carboxylic acid groups (broad SMARTS) is 1. The summed E-state index contributed by atoms with van der Waals surface area (Å²) in [6.45, 7) is 0. The predicted octanol–water partition coefficient (Wildman–Crippen LogP) is 2.55. The number of hydrogen-bond acceptors (Lipinski definition) is 3. The van der Waals surface area contributed by atoms with Crippen LogP contribution in [-0.4, -0.2) is 29.3 Å². The highest BCUT2D eigenvalue weighted by Crippen LogP contribution is 2.38. The Morgan fingerprint density at radius 1 is 1.38 bits per heavy atom. The van der Waals surface area contributed by atoms with Crippen LogP contribution >= 0.6 is 0 Å². The van der Waals surface area contributed by atoms with Crippen molar-refractivity contribution in [3.05, 3.63) is 0 Å². The van der Waals surface area contributed by atoms with E-state index < -0.39 is 18.1 Å². The minimum absolute atomic E-state index is 0.0284. The van der Waals surface area contributed by atoms with Gasteiger partial charge in [0.1, 0.15) is 12.1 Å². The lowest BCUT2D eigenvalue weighted by atomic mass is 9.98. The monoisotopic (exact) mass is 293 g/mol. The van der Waals surface area contributed by atoms with Crippen LogP contribution in [0.2, 0.25) is 0 Å². The quantitative estimate of drug-likeness (QED) is 0.558. The van der Waals surface area contributed by atoms with Gasteiger partial charge in [0.05, 0.1) is 0 Å². The molecule has 0 aliphatic heterocycles. The van der Waals surface area contributed by atoms with E-state index in [1.54, 1.807) is 0 Å². The van der Waals surface area contributed by atoms with Crippen LogP contribution in [0.5, 0.6) is 0 Å². The van der Waals surface area contributed by atoms with Crippen molar-refractivity contribution in [1.29, 1.82) is 0 Å². The van der Waals surface area contributed by atoms with Crippen LogP contribution in [0.3, 0.4) is 0 Å². The average Bonchev–Trinajstić information content (AvgIpc) is 2.95. The van der Waals surface area contributed by atoms with E-state index in [0.29, 0.717) is 5.92 Å². The van der Waals surface area contributed by atoms with Crippen molar-refractivity contribution < 1.29 is 19.4 Å². The zero-order valence-corrected chi connectivity index (χ0v) is 12.2. The van der Waals surface area contributed by atoms with Crippen molar-refractivity contribution in [2.24, 2.45) is 11.8 Å². The zero-order valence-electron chi connectivity index (χ0n) is 12.2. The van der Waals surface area contributed by atoms with E-state index in [9.17, 15) is 14.7 Å². The summed E-state index contributed by atoms with van der Waals surface area (Å²) < 4.78 is 5.28. The van der Waals surface area contributed by atoms with E-state index >= 15 is 0 Å². The number of carbonyl (C=O) groups excluding carboxylic acids is 1. The number of amides is 1. The van der Waals surface area contributed by atoms with Gasteiger partial charge in [-0.3, -0.25) is 0 Å². The number of terminal acetylenes is 1. The summed E-state index contributed by atoms with van der Waals surface area (Å²) in [6.07, 6.45) is 11.8. The van der Waals surface area contributed by atoms with E-state index in [1.807, 2.05) is 0 Å². The zero-order chi connectivity index (χ0) is 15.2. The maximum atomic E-state index is 11.8. The molecule has 5 heteroatoms. The second kappa shape index (κ2) is 7.35. The van der Waals surface area contributed by atoms with Crippen LogP contribution in [0, 0.1) is 24.2 Å². The molecule has 0 radical (unpaired) electrons.